The molecule has 8 rings (SSSR count). The quantitative estimate of drug-likeness (QED) is 0.106. The van der Waals surface area contributed by atoms with E-state index in [-0.39, 0.29) is 25.9 Å². The first kappa shape index (κ1) is 48.7. The first-order valence-electron chi connectivity index (χ1n) is 19.7. The first-order valence-corrected chi connectivity index (χ1v) is 20.8. The predicted molar refractivity (Wildman–Crippen MR) is 258 cm³/mol. The molecule has 1 amide bonds. The molecular formula is C49H49Cl3N8O4. The number of rotatable bonds is 8. The van der Waals surface area contributed by atoms with Crippen LogP contribution in [0.3, 0.4) is 0 Å². The fraction of sp³-hybridized carbons (Fsp3) is 0.204. The number of aryl methyl sites for hydroxylation is 4. The van der Waals surface area contributed by atoms with Crippen LogP contribution in [0.1, 0.15) is 78.5 Å². The Morgan fingerprint density at radius 1 is 0.734 bits per heavy atom. The number of ether oxygens (including phenoxy) is 1. The SMILES string of the molecule is C.COC(=O)c1cc(C)cc2cc(Cl)cnc12.Cc1cc(CO)c2ncc(Cl)cc2c1.Cc1cc(N)nc(C)c1CNC(=O)c1ccnc(Cc2cc(CN)c3ncc(Cl)cc3c2)c1. The summed E-state index contributed by atoms with van der Waals surface area (Å²) in [6.45, 7) is 8.49. The third-order valence-corrected chi connectivity index (χ3v) is 10.6. The second-order valence-corrected chi connectivity index (χ2v) is 16.2. The number of nitrogen functional groups attached to an aromatic ring is 1. The van der Waals surface area contributed by atoms with Crippen LogP contribution in [-0.4, -0.2) is 49.0 Å². The van der Waals surface area contributed by atoms with Crippen molar-refractivity contribution >= 4 is 85.2 Å². The molecule has 330 valence electrons. The minimum absolute atomic E-state index is 0. The molecule has 0 aliphatic heterocycles. The second-order valence-electron chi connectivity index (χ2n) is 14.8. The van der Waals surface area contributed by atoms with E-state index in [4.69, 9.17) is 56.1 Å². The summed E-state index contributed by atoms with van der Waals surface area (Å²) >= 11 is 17.8. The van der Waals surface area contributed by atoms with Gasteiger partial charge in [-0.15, -0.1) is 0 Å². The number of nitrogens with one attached hydrogen (secondary N) is 1. The molecule has 0 aliphatic carbocycles. The summed E-state index contributed by atoms with van der Waals surface area (Å²) in [5, 5.41) is 16.6. The standard InChI is InChI=1S/C25H25ClN6O.C12H10ClNO2.C11H10ClNO.CH4/c1-14-5-23(28)32-15(2)22(14)13-31-25(33)17-3-4-29-21(10-17)8-16-6-18-9-20(26)12-30-24(18)19(7-16)11-27;1-7-3-8-5-9(13)6-14-11(8)10(4-7)12(15)16-2;1-7-2-8-4-10(12)5-13-11(8)9(3-7)6-14;/h3-7,9-10,12H,8,11,13,27H2,1-2H3,(H2,28,32)(H,31,33);3-6H,1-2H3;2-5,14H,6H2,1H3;1H4. The summed E-state index contributed by atoms with van der Waals surface area (Å²) in [6.07, 6.45) is 6.94. The molecule has 0 saturated carbocycles. The highest BCUT2D eigenvalue weighted by atomic mass is 35.5. The number of methoxy groups -OCH3 is 1. The van der Waals surface area contributed by atoms with Crippen molar-refractivity contribution in [1.29, 1.82) is 0 Å². The molecule has 0 spiro atoms. The van der Waals surface area contributed by atoms with Crippen LogP contribution >= 0.6 is 34.8 Å². The highest BCUT2D eigenvalue weighted by molar-refractivity contribution is 6.31. The number of benzene rings is 3. The third kappa shape index (κ3) is 12.0. The summed E-state index contributed by atoms with van der Waals surface area (Å²) in [5.74, 6) is -0.0849. The lowest BCUT2D eigenvalue weighted by molar-refractivity contribution is 0.0602. The van der Waals surface area contributed by atoms with Crippen molar-refractivity contribution in [3.8, 4) is 0 Å². The topological polar surface area (TPSA) is 192 Å². The predicted octanol–water partition coefficient (Wildman–Crippen LogP) is 10.2. The van der Waals surface area contributed by atoms with Gasteiger partial charge in [0.25, 0.3) is 5.91 Å². The molecule has 64 heavy (non-hydrogen) atoms. The molecule has 5 heterocycles. The number of nitrogens with two attached hydrogens (primary N) is 2. The van der Waals surface area contributed by atoms with E-state index in [2.05, 4.69) is 30.2 Å². The lowest BCUT2D eigenvalue weighted by atomic mass is 10.0. The van der Waals surface area contributed by atoms with Crippen molar-refractivity contribution in [3.05, 3.63) is 174 Å². The number of hydrogen-bond acceptors (Lipinski definition) is 11. The van der Waals surface area contributed by atoms with Gasteiger partial charge < -0.3 is 26.6 Å². The van der Waals surface area contributed by atoms with Gasteiger partial charge in [-0.25, -0.2) is 9.78 Å². The van der Waals surface area contributed by atoms with Gasteiger partial charge in [0, 0.05) is 83.0 Å². The largest absolute Gasteiger partial charge is 0.465 e. The van der Waals surface area contributed by atoms with E-state index in [0.717, 1.165) is 77.5 Å². The lowest BCUT2D eigenvalue weighted by Crippen LogP contribution is -2.24. The first-order chi connectivity index (χ1) is 30.1. The Labute approximate surface area is 387 Å². The molecule has 0 atom stereocenters. The number of nitrogens with zero attached hydrogens (tertiary/aromatic N) is 5. The number of aliphatic hydroxyl groups is 1. The normalized spacial score (nSPS) is 10.7. The molecule has 0 unspecified atom stereocenters. The third-order valence-electron chi connectivity index (χ3n) is 10.0. The van der Waals surface area contributed by atoms with Crippen molar-refractivity contribution in [1.82, 2.24) is 30.2 Å². The van der Waals surface area contributed by atoms with E-state index >= 15 is 0 Å². The van der Waals surface area contributed by atoms with Crippen molar-refractivity contribution in [3.63, 3.8) is 0 Å². The van der Waals surface area contributed by atoms with Gasteiger partial charge in [0.1, 0.15) is 5.82 Å². The summed E-state index contributed by atoms with van der Waals surface area (Å²) in [5.41, 5.74) is 23.4. The number of aliphatic hydroxyl groups excluding tert-OH is 1. The Morgan fingerprint density at radius 2 is 1.31 bits per heavy atom. The van der Waals surface area contributed by atoms with Crippen molar-refractivity contribution in [2.24, 2.45) is 5.73 Å². The maximum atomic E-state index is 12.8. The Balaban J connectivity index is 0.000000206. The zero-order chi connectivity index (χ0) is 45.4. The van der Waals surface area contributed by atoms with Gasteiger partial charge in [-0.2, -0.15) is 0 Å². The maximum absolute atomic E-state index is 12.8. The summed E-state index contributed by atoms with van der Waals surface area (Å²) in [4.78, 5) is 45.9. The number of carbonyl (C=O) groups is 2. The zero-order valence-corrected chi connectivity index (χ0v) is 37.5. The monoisotopic (exact) mass is 918 g/mol. The van der Waals surface area contributed by atoms with Crippen LogP contribution in [0.5, 0.6) is 0 Å². The highest BCUT2D eigenvalue weighted by Gasteiger charge is 2.14. The van der Waals surface area contributed by atoms with E-state index in [0.29, 0.717) is 57.0 Å². The van der Waals surface area contributed by atoms with Gasteiger partial charge in [0.2, 0.25) is 0 Å². The Hall–Kier alpha value is -6.28. The molecular weight excluding hydrogens is 871 g/mol. The minimum Gasteiger partial charge on any atom is -0.465 e. The van der Waals surface area contributed by atoms with E-state index in [1.807, 2.05) is 70.2 Å². The van der Waals surface area contributed by atoms with E-state index < -0.39 is 0 Å². The fourth-order valence-electron chi connectivity index (χ4n) is 7.20. The van der Waals surface area contributed by atoms with Crippen LogP contribution in [0.2, 0.25) is 15.1 Å². The summed E-state index contributed by atoms with van der Waals surface area (Å²) in [6, 6.07) is 22.5. The van der Waals surface area contributed by atoms with Crippen LogP contribution in [0.25, 0.3) is 32.7 Å². The van der Waals surface area contributed by atoms with E-state index in [9.17, 15) is 9.59 Å². The zero-order valence-electron chi connectivity index (χ0n) is 35.3. The fourth-order valence-corrected chi connectivity index (χ4v) is 7.70. The van der Waals surface area contributed by atoms with Crippen molar-refractivity contribution < 1.29 is 19.4 Å². The Morgan fingerprint density at radius 3 is 1.91 bits per heavy atom. The lowest BCUT2D eigenvalue weighted by Gasteiger charge is -2.12. The number of anilines is 1. The number of hydrogen-bond donors (Lipinski definition) is 4. The molecule has 5 aromatic heterocycles. The van der Waals surface area contributed by atoms with E-state index in [1.54, 1.807) is 48.9 Å². The molecule has 3 aromatic carbocycles. The number of aromatic nitrogens is 5. The molecule has 0 bridgehead atoms. The van der Waals surface area contributed by atoms with Crippen molar-refractivity contribution in [2.75, 3.05) is 12.8 Å². The molecule has 0 fully saturated rings. The average molecular weight is 920 g/mol. The van der Waals surface area contributed by atoms with Gasteiger partial charge >= 0.3 is 5.97 Å². The minimum atomic E-state index is -0.386. The van der Waals surface area contributed by atoms with Crippen molar-refractivity contribution in [2.45, 2.75) is 61.2 Å². The van der Waals surface area contributed by atoms with Gasteiger partial charge in [-0.3, -0.25) is 24.7 Å². The Kier molecular flexibility index (Phi) is 16.7. The Bertz CT molecular complexity index is 2970. The van der Waals surface area contributed by atoms with Crippen LogP contribution in [0.15, 0.2) is 97.6 Å². The van der Waals surface area contributed by atoms with Crippen LogP contribution < -0.4 is 16.8 Å². The number of fused-ring (bicyclic) bond motifs is 3. The van der Waals surface area contributed by atoms with Gasteiger partial charge in [0.15, 0.2) is 0 Å². The summed E-state index contributed by atoms with van der Waals surface area (Å²) < 4.78 is 4.72. The van der Waals surface area contributed by atoms with Crippen LogP contribution in [-0.2, 0) is 30.9 Å². The molecule has 0 radical (unpaired) electrons. The smallest absolute Gasteiger partial charge is 0.340 e. The highest BCUT2D eigenvalue weighted by Crippen LogP contribution is 2.26. The number of amides is 1. The molecule has 8 aromatic rings. The van der Waals surface area contributed by atoms with Gasteiger partial charge in [0.05, 0.1) is 50.9 Å². The maximum Gasteiger partial charge on any atom is 0.340 e. The molecule has 6 N–H and O–H groups in total. The molecule has 15 heteroatoms. The second kappa shape index (κ2) is 21.9. The number of carbonyl (C=O) groups excluding carboxylic acids is 2. The van der Waals surface area contributed by atoms with Gasteiger partial charge in [-0.1, -0.05) is 59.9 Å². The molecule has 12 nitrogen and oxygen atoms in total. The molecule has 0 saturated heterocycles. The molecule has 0 aliphatic rings. The van der Waals surface area contributed by atoms with Crippen LogP contribution in [0.4, 0.5) is 5.82 Å². The summed E-state index contributed by atoms with van der Waals surface area (Å²) in [7, 11) is 1.35. The number of halogens is 3. The number of pyridine rings is 5. The van der Waals surface area contributed by atoms with E-state index in [1.165, 1.54) is 13.3 Å². The van der Waals surface area contributed by atoms with Crippen LogP contribution in [0, 0.1) is 27.7 Å². The number of esters is 1. The van der Waals surface area contributed by atoms with Gasteiger partial charge in [-0.05, 0) is 116 Å². The average Bonchev–Trinajstić information content (AvgIpc) is 3.24.